The molecule has 17 heavy (non-hydrogen) atoms. The van der Waals surface area contributed by atoms with Crippen LogP contribution in [0.15, 0.2) is 24.3 Å². The minimum absolute atomic E-state index is 0.0848. The SMILES string of the molecule is COc1ccccc1CN1CCNC(C)C1=O. The van der Waals surface area contributed by atoms with Gasteiger partial charge < -0.3 is 15.0 Å². The molecule has 1 saturated heterocycles. The fourth-order valence-corrected chi connectivity index (χ4v) is 2.08. The third-order valence-corrected chi connectivity index (χ3v) is 3.07. The number of hydrogen-bond acceptors (Lipinski definition) is 3. The van der Waals surface area contributed by atoms with Gasteiger partial charge in [-0.25, -0.2) is 0 Å². The van der Waals surface area contributed by atoms with Gasteiger partial charge in [-0.05, 0) is 13.0 Å². The Labute approximate surface area is 102 Å². The summed E-state index contributed by atoms with van der Waals surface area (Å²) in [7, 11) is 1.65. The van der Waals surface area contributed by atoms with E-state index in [-0.39, 0.29) is 11.9 Å². The monoisotopic (exact) mass is 234 g/mol. The van der Waals surface area contributed by atoms with Crippen molar-refractivity contribution in [2.75, 3.05) is 20.2 Å². The molecule has 0 bridgehead atoms. The predicted octanol–water partition coefficient (Wildman–Crippen LogP) is 1.02. The van der Waals surface area contributed by atoms with Crippen molar-refractivity contribution in [3.05, 3.63) is 29.8 Å². The second-order valence-corrected chi connectivity index (χ2v) is 4.25. The van der Waals surface area contributed by atoms with E-state index in [1.54, 1.807) is 7.11 Å². The van der Waals surface area contributed by atoms with Crippen LogP contribution in [0.5, 0.6) is 5.75 Å². The first-order valence-corrected chi connectivity index (χ1v) is 5.86. The minimum atomic E-state index is -0.0848. The van der Waals surface area contributed by atoms with Crippen LogP contribution in [0.1, 0.15) is 12.5 Å². The maximum atomic E-state index is 12.0. The second kappa shape index (κ2) is 5.19. The lowest BCUT2D eigenvalue weighted by Gasteiger charge is -2.31. The summed E-state index contributed by atoms with van der Waals surface area (Å²) in [6.45, 7) is 4.12. The van der Waals surface area contributed by atoms with Crippen LogP contribution in [0.25, 0.3) is 0 Å². The number of rotatable bonds is 3. The summed E-state index contributed by atoms with van der Waals surface area (Å²) in [5, 5.41) is 3.15. The van der Waals surface area contributed by atoms with E-state index in [0.717, 1.165) is 24.4 Å². The van der Waals surface area contributed by atoms with E-state index in [0.29, 0.717) is 6.54 Å². The molecule has 1 heterocycles. The Morgan fingerprint density at radius 3 is 3.00 bits per heavy atom. The molecule has 4 nitrogen and oxygen atoms in total. The van der Waals surface area contributed by atoms with Gasteiger partial charge in [0, 0.05) is 25.2 Å². The number of ether oxygens (including phenoxy) is 1. The van der Waals surface area contributed by atoms with Crippen LogP contribution < -0.4 is 10.1 Å². The fraction of sp³-hybridized carbons (Fsp3) is 0.462. The molecule has 0 radical (unpaired) electrons. The van der Waals surface area contributed by atoms with Gasteiger partial charge in [-0.3, -0.25) is 4.79 Å². The molecule has 0 aliphatic carbocycles. The van der Waals surface area contributed by atoms with Crippen molar-refractivity contribution in [3.63, 3.8) is 0 Å². The van der Waals surface area contributed by atoms with Gasteiger partial charge in [0.25, 0.3) is 0 Å². The summed E-state index contributed by atoms with van der Waals surface area (Å²) in [5.41, 5.74) is 1.05. The molecule has 1 atom stereocenters. The molecule has 1 aromatic rings. The van der Waals surface area contributed by atoms with Crippen LogP contribution in [0.4, 0.5) is 0 Å². The standard InChI is InChI=1S/C13H18N2O2/c1-10-13(16)15(8-7-14-10)9-11-5-3-4-6-12(11)17-2/h3-6,10,14H,7-9H2,1-2H3. The molecule has 1 N–H and O–H groups in total. The molecule has 0 spiro atoms. The Kier molecular flexibility index (Phi) is 3.64. The lowest BCUT2D eigenvalue weighted by atomic mass is 10.1. The number of amides is 1. The average molecular weight is 234 g/mol. The number of methoxy groups -OCH3 is 1. The number of carbonyl (C=O) groups is 1. The molecular formula is C13H18N2O2. The van der Waals surface area contributed by atoms with Crippen molar-refractivity contribution in [1.82, 2.24) is 10.2 Å². The summed E-state index contributed by atoms with van der Waals surface area (Å²) in [6, 6.07) is 7.74. The highest BCUT2D eigenvalue weighted by atomic mass is 16.5. The van der Waals surface area contributed by atoms with Gasteiger partial charge in [-0.2, -0.15) is 0 Å². The zero-order valence-electron chi connectivity index (χ0n) is 10.3. The van der Waals surface area contributed by atoms with Crippen LogP contribution in [0.3, 0.4) is 0 Å². The van der Waals surface area contributed by atoms with E-state index < -0.39 is 0 Å². The molecule has 0 aromatic heterocycles. The Morgan fingerprint density at radius 1 is 1.47 bits per heavy atom. The largest absolute Gasteiger partial charge is 0.496 e. The molecular weight excluding hydrogens is 216 g/mol. The van der Waals surface area contributed by atoms with Crippen LogP contribution in [-0.4, -0.2) is 37.0 Å². The molecule has 1 aliphatic rings. The smallest absolute Gasteiger partial charge is 0.239 e. The number of carbonyl (C=O) groups excluding carboxylic acids is 1. The minimum Gasteiger partial charge on any atom is -0.496 e. The third kappa shape index (κ3) is 2.58. The van der Waals surface area contributed by atoms with Gasteiger partial charge in [0.15, 0.2) is 0 Å². The lowest BCUT2D eigenvalue weighted by molar-refractivity contribution is -0.135. The molecule has 4 heteroatoms. The van der Waals surface area contributed by atoms with Crippen LogP contribution >= 0.6 is 0 Å². The molecule has 1 aliphatic heterocycles. The summed E-state index contributed by atoms with van der Waals surface area (Å²) in [6.07, 6.45) is 0. The maximum Gasteiger partial charge on any atom is 0.239 e. The fourth-order valence-electron chi connectivity index (χ4n) is 2.08. The van der Waals surface area contributed by atoms with E-state index in [1.807, 2.05) is 36.1 Å². The van der Waals surface area contributed by atoms with Crippen molar-refractivity contribution in [3.8, 4) is 5.75 Å². The highest BCUT2D eigenvalue weighted by Gasteiger charge is 2.25. The quantitative estimate of drug-likeness (QED) is 0.849. The highest BCUT2D eigenvalue weighted by molar-refractivity contribution is 5.82. The number of hydrogen-bond donors (Lipinski definition) is 1. The Hall–Kier alpha value is -1.55. The summed E-state index contributed by atoms with van der Waals surface area (Å²) in [5.74, 6) is 0.994. The van der Waals surface area contributed by atoms with Gasteiger partial charge in [0.05, 0.1) is 13.2 Å². The number of nitrogens with zero attached hydrogens (tertiary/aromatic N) is 1. The zero-order valence-corrected chi connectivity index (χ0v) is 10.3. The van der Waals surface area contributed by atoms with Crippen LogP contribution in [0, 0.1) is 0 Å². The van der Waals surface area contributed by atoms with Gasteiger partial charge >= 0.3 is 0 Å². The van der Waals surface area contributed by atoms with Crippen molar-refractivity contribution < 1.29 is 9.53 Å². The third-order valence-electron chi connectivity index (χ3n) is 3.07. The number of para-hydroxylation sites is 1. The highest BCUT2D eigenvalue weighted by Crippen LogP contribution is 2.20. The second-order valence-electron chi connectivity index (χ2n) is 4.25. The zero-order chi connectivity index (χ0) is 12.3. The molecule has 2 rings (SSSR count). The van der Waals surface area contributed by atoms with E-state index in [2.05, 4.69) is 5.32 Å². The van der Waals surface area contributed by atoms with Gasteiger partial charge in [-0.15, -0.1) is 0 Å². The van der Waals surface area contributed by atoms with Crippen molar-refractivity contribution >= 4 is 5.91 Å². The Morgan fingerprint density at radius 2 is 2.24 bits per heavy atom. The average Bonchev–Trinajstić information content (AvgIpc) is 2.35. The lowest BCUT2D eigenvalue weighted by Crippen LogP contribution is -2.53. The normalized spacial score (nSPS) is 20.5. The van der Waals surface area contributed by atoms with Gasteiger partial charge in [0.1, 0.15) is 5.75 Å². The van der Waals surface area contributed by atoms with Crippen molar-refractivity contribution in [2.45, 2.75) is 19.5 Å². The molecule has 1 aromatic carbocycles. The van der Waals surface area contributed by atoms with Crippen LogP contribution in [-0.2, 0) is 11.3 Å². The number of piperazine rings is 1. The summed E-state index contributed by atoms with van der Waals surface area (Å²) < 4.78 is 5.30. The molecule has 92 valence electrons. The molecule has 0 saturated carbocycles. The van der Waals surface area contributed by atoms with E-state index >= 15 is 0 Å². The number of benzene rings is 1. The van der Waals surface area contributed by atoms with Crippen molar-refractivity contribution in [1.29, 1.82) is 0 Å². The predicted molar refractivity (Wildman–Crippen MR) is 65.9 cm³/mol. The van der Waals surface area contributed by atoms with E-state index in [9.17, 15) is 4.79 Å². The van der Waals surface area contributed by atoms with E-state index in [1.165, 1.54) is 0 Å². The van der Waals surface area contributed by atoms with Gasteiger partial charge in [-0.1, -0.05) is 18.2 Å². The topological polar surface area (TPSA) is 41.6 Å². The summed E-state index contributed by atoms with van der Waals surface area (Å²) in [4.78, 5) is 13.8. The first-order valence-electron chi connectivity index (χ1n) is 5.86. The first kappa shape index (κ1) is 11.9. The molecule has 1 unspecified atom stereocenters. The van der Waals surface area contributed by atoms with Crippen LogP contribution in [0.2, 0.25) is 0 Å². The van der Waals surface area contributed by atoms with Gasteiger partial charge in [0.2, 0.25) is 5.91 Å². The number of nitrogens with one attached hydrogen (secondary N) is 1. The van der Waals surface area contributed by atoms with Crippen molar-refractivity contribution in [2.24, 2.45) is 0 Å². The Bertz CT molecular complexity index is 406. The Balaban J connectivity index is 2.12. The van der Waals surface area contributed by atoms with E-state index in [4.69, 9.17) is 4.74 Å². The first-order chi connectivity index (χ1) is 8.22. The summed E-state index contributed by atoms with van der Waals surface area (Å²) >= 11 is 0. The maximum absolute atomic E-state index is 12.0. The molecule has 1 amide bonds. The molecule has 1 fully saturated rings.